The van der Waals surface area contributed by atoms with E-state index in [2.05, 4.69) is 17.6 Å². The number of benzene rings is 1. The Balaban J connectivity index is 0.00000242. The first-order valence-corrected chi connectivity index (χ1v) is 7.81. The molecule has 2 N–H and O–H groups in total. The Bertz CT molecular complexity index is 462. The van der Waals surface area contributed by atoms with Crippen LogP contribution in [-0.4, -0.2) is 24.6 Å². The van der Waals surface area contributed by atoms with E-state index in [0.29, 0.717) is 12.6 Å². The van der Waals surface area contributed by atoms with E-state index in [0.717, 1.165) is 30.7 Å². The van der Waals surface area contributed by atoms with Crippen molar-refractivity contribution in [2.75, 3.05) is 6.54 Å². The van der Waals surface area contributed by atoms with Gasteiger partial charge in [0.05, 0.1) is 6.10 Å². The zero-order valence-electron chi connectivity index (χ0n) is 13.6. The van der Waals surface area contributed by atoms with Crippen molar-refractivity contribution in [3.8, 4) is 5.75 Å². The van der Waals surface area contributed by atoms with Gasteiger partial charge in [-0.05, 0) is 57.9 Å². The number of hydrogen-bond acceptors (Lipinski definition) is 3. The van der Waals surface area contributed by atoms with Crippen LogP contribution in [0.15, 0.2) is 24.3 Å². The van der Waals surface area contributed by atoms with Crippen LogP contribution in [0.5, 0.6) is 5.75 Å². The molecule has 0 unspecified atom stereocenters. The van der Waals surface area contributed by atoms with Crippen molar-refractivity contribution in [1.29, 1.82) is 0 Å². The maximum absolute atomic E-state index is 12.2. The Morgan fingerprint density at radius 1 is 1.36 bits per heavy atom. The van der Waals surface area contributed by atoms with E-state index < -0.39 is 0 Å². The average Bonchev–Trinajstić information content (AvgIpc) is 2.45. The Kier molecular flexibility index (Phi) is 7.69. The lowest BCUT2D eigenvalue weighted by molar-refractivity contribution is -0.126. The van der Waals surface area contributed by atoms with E-state index in [1.54, 1.807) is 0 Å². The molecule has 1 aromatic rings. The molecule has 0 bridgehead atoms. The molecule has 0 spiro atoms. The highest BCUT2D eigenvalue weighted by atomic mass is 35.5. The fourth-order valence-electron chi connectivity index (χ4n) is 2.66. The van der Waals surface area contributed by atoms with Gasteiger partial charge in [0.2, 0.25) is 5.91 Å². The predicted octanol–water partition coefficient (Wildman–Crippen LogP) is 2.90. The van der Waals surface area contributed by atoms with Crippen molar-refractivity contribution in [2.24, 2.45) is 5.92 Å². The van der Waals surface area contributed by atoms with Gasteiger partial charge in [-0.15, -0.1) is 12.4 Å². The van der Waals surface area contributed by atoms with Crippen molar-refractivity contribution < 1.29 is 9.53 Å². The zero-order valence-corrected chi connectivity index (χ0v) is 14.4. The van der Waals surface area contributed by atoms with Crippen molar-refractivity contribution in [1.82, 2.24) is 10.6 Å². The first-order valence-electron chi connectivity index (χ1n) is 7.81. The second-order valence-electron chi connectivity index (χ2n) is 6.10. The lowest BCUT2D eigenvalue weighted by Crippen LogP contribution is -2.42. The number of nitrogens with one attached hydrogen (secondary N) is 2. The third kappa shape index (κ3) is 5.85. The largest absolute Gasteiger partial charge is 0.491 e. The molecule has 2 atom stereocenters. The molecule has 0 aromatic heterocycles. The van der Waals surface area contributed by atoms with Crippen molar-refractivity contribution in [3.05, 3.63) is 29.8 Å². The number of ether oxygens (including phenoxy) is 1. The van der Waals surface area contributed by atoms with Crippen LogP contribution in [0, 0.1) is 5.92 Å². The van der Waals surface area contributed by atoms with Crippen LogP contribution in [-0.2, 0) is 11.3 Å². The first kappa shape index (κ1) is 18.8. The summed E-state index contributed by atoms with van der Waals surface area (Å²) in [6, 6.07) is 8.34. The molecule has 4 nitrogen and oxygen atoms in total. The van der Waals surface area contributed by atoms with Crippen LogP contribution in [0.1, 0.15) is 39.2 Å². The smallest absolute Gasteiger partial charge is 0.223 e. The number of hydrogen-bond donors (Lipinski definition) is 2. The van der Waals surface area contributed by atoms with E-state index >= 15 is 0 Å². The number of amides is 1. The van der Waals surface area contributed by atoms with Gasteiger partial charge in [-0.2, -0.15) is 0 Å². The molecule has 0 aliphatic carbocycles. The number of halogens is 1. The third-order valence-corrected chi connectivity index (χ3v) is 3.76. The second-order valence-corrected chi connectivity index (χ2v) is 6.10. The predicted molar refractivity (Wildman–Crippen MR) is 91.5 cm³/mol. The fourth-order valence-corrected chi connectivity index (χ4v) is 2.66. The normalized spacial score (nSPS) is 21.1. The highest BCUT2D eigenvalue weighted by molar-refractivity contribution is 5.85. The number of rotatable bonds is 5. The Hall–Kier alpha value is -1.26. The third-order valence-electron chi connectivity index (χ3n) is 3.76. The Labute approximate surface area is 139 Å². The van der Waals surface area contributed by atoms with Gasteiger partial charge in [-0.1, -0.05) is 12.1 Å². The Morgan fingerprint density at radius 3 is 2.64 bits per heavy atom. The van der Waals surface area contributed by atoms with Gasteiger partial charge in [0.15, 0.2) is 0 Å². The minimum atomic E-state index is 0. The summed E-state index contributed by atoms with van der Waals surface area (Å²) in [7, 11) is 0. The van der Waals surface area contributed by atoms with Crippen molar-refractivity contribution in [2.45, 2.75) is 52.3 Å². The topological polar surface area (TPSA) is 50.4 Å². The lowest BCUT2D eigenvalue weighted by atomic mass is 9.92. The van der Waals surface area contributed by atoms with E-state index in [4.69, 9.17) is 4.74 Å². The van der Waals surface area contributed by atoms with Crippen LogP contribution in [0.25, 0.3) is 0 Å². The molecule has 22 heavy (non-hydrogen) atoms. The molecule has 1 amide bonds. The Morgan fingerprint density at radius 2 is 2.05 bits per heavy atom. The van der Waals surface area contributed by atoms with Gasteiger partial charge in [-0.25, -0.2) is 0 Å². The van der Waals surface area contributed by atoms with E-state index in [1.165, 1.54) is 0 Å². The second kappa shape index (κ2) is 9.01. The average molecular weight is 327 g/mol. The van der Waals surface area contributed by atoms with Crippen LogP contribution in [0.2, 0.25) is 0 Å². The maximum atomic E-state index is 12.2. The van der Waals surface area contributed by atoms with E-state index in [-0.39, 0.29) is 30.3 Å². The summed E-state index contributed by atoms with van der Waals surface area (Å²) >= 11 is 0. The minimum absolute atomic E-state index is 0. The van der Waals surface area contributed by atoms with Gasteiger partial charge in [0.1, 0.15) is 5.75 Å². The monoisotopic (exact) mass is 326 g/mol. The molecule has 0 saturated carbocycles. The summed E-state index contributed by atoms with van der Waals surface area (Å²) in [6.45, 7) is 7.66. The first-order chi connectivity index (χ1) is 10.0. The van der Waals surface area contributed by atoms with Crippen LogP contribution >= 0.6 is 12.4 Å². The summed E-state index contributed by atoms with van der Waals surface area (Å²) < 4.78 is 5.61. The number of piperidine rings is 1. The summed E-state index contributed by atoms with van der Waals surface area (Å²) in [5.74, 6) is 1.18. The summed E-state index contributed by atoms with van der Waals surface area (Å²) in [4.78, 5) is 12.2. The highest BCUT2D eigenvalue weighted by Crippen LogP contribution is 2.17. The quantitative estimate of drug-likeness (QED) is 0.874. The molecular formula is C17H27ClN2O2. The lowest BCUT2D eigenvalue weighted by Gasteiger charge is -2.27. The number of carbonyl (C=O) groups excluding carboxylic acids is 1. The number of carbonyl (C=O) groups is 1. The molecule has 2 rings (SSSR count). The highest BCUT2D eigenvalue weighted by Gasteiger charge is 2.24. The van der Waals surface area contributed by atoms with Crippen LogP contribution < -0.4 is 15.4 Å². The molecule has 1 aliphatic rings. The van der Waals surface area contributed by atoms with E-state index in [9.17, 15) is 4.79 Å². The fraction of sp³-hybridized carbons (Fsp3) is 0.588. The van der Waals surface area contributed by atoms with Gasteiger partial charge >= 0.3 is 0 Å². The van der Waals surface area contributed by atoms with Crippen LogP contribution in [0.3, 0.4) is 0 Å². The molecule has 1 aliphatic heterocycles. The van der Waals surface area contributed by atoms with Gasteiger partial charge in [0.25, 0.3) is 0 Å². The molecule has 1 heterocycles. The summed E-state index contributed by atoms with van der Waals surface area (Å²) in [6.07, 6.45) is 2.03. The molecule has 1 fully saturated rings. The zero-order chi connectivity index (χ0) is 15.2. The van der Waals surface area contributed by atoms with Gasteiger partial charge in [-0.3, -0.25) is 4.79 Å². The molecular weight excluding hydrogens is 300 g/mol. The van der Waals surface area contributed by atoms with Crippen LogP contribution in [0.4, 0.5) is 0 Å². The molecule has 5 heteroatoms. The van der Waals surface area contributed by atoms with Crippen molar-refractivity contribution >= 4 is 18.3 Å². The maximum Gasteiger partial charge on any atom is 0.223 e. The summed E-state index contributed by atoms with van der Waals surface area (Å²) in [5, 5.41) is 6.41. The molecule has 1 aromatic carbocycles. The SMILES string of the molecule is CC(C)Oc1ccc(CNC(=O)[C@H]2CCN[C@@H](C)C2)cc1.Cl. The van der Waals surface area contributed by atoms with Crippen molar-refractivity contribution in [3.63, 3.8) is 0 Å². The molecule has 0 radical (unpaired) electrons. The minimum Gasteiger partial charge on any atom is -0.491 e. The van der Waals surface area contributed by atoms with E-state index in [1.807, 2.05) is 38.1 Å². The van der Waals surface area contributed by atoms with Gasteiger partial charge < -0.3 is 15.4 Å². The molecule has 1 saturated heterocycles. The molecule has 124 valence electrons. The standard InChI is InChI=1S/C17H26N2O2.ClH/c1-12(2)21-16-6-4-14(5-7-16)11-19-17(20)15-8-9-18-13(3)10-15;/h4-7,12-13,15,18H,8-11H2,1-3H3,(H,19,20);1H/t13-,15-;/m0./s1. The summed E-state index contributed by atoms with van der Waals surface area (Å²) in [5.41, 5.74) is 1.10. The van der Waals surface area contributed by atoms with Gasteiger partial charge in [0, 0.05) is 18.5 Å².